The zero-order chi connectivity index (χ0) is 17.8. The van der Waals surface area contributed by atoms with Crippen LogP contribution in [0.3, 0.4) is 0 Å². The molecule has 0 spiro atoms. The van der Waals surface area contributed by atoms with Crippen LogP contribution in [0.1, 0.15) is 17.5 Å². The van der Waals surface area contributed by atoms with Crippen molar-refractivity contribution in [3.8, 4) is 34.3 Å². The molecule has 0 bridgehead atoms. The van der Waals surface area contributed by atoms with E-state index in [9.17, 15) is 5.11 Å². The van der Waals surface area contributed by atoms with E-state index in [-0.39, 0.29) is 18.0 Å². The first-order valence-electron chi connectivity index (χ1n) is 8.47. The van der Waals surface area contributed by atoms with Gasteiger partial charge >= 0.3 is 0 Å². The molecule has 26 heavy (non-hydrogen) atoms. The monoisotopic (exact) mass is 370 g/mol. The zero-order valence-electron chi connectivity index (χ0n) is 14.2. The maximum Gasteiger partial charge on any atom is 0.233 e. The average Bonchev–Trinajstić information content (AvgIpc) is 3.07. The Morgan fingerprint density at radius 3 is 2.81 bits per heavy atom. The van der Waals surface area contributed by atoms with E-state index in [1.165, 1.54) is 5.56 Å². The summed E-state index contributed by atoms with van der Waals surface area (Å²) in [5.41, 5.74) is 3.04. The molecule has 3 heterocycles. The van der Waals surface area contributed by atoms with Crippen LogP contribution in [0.5, 0.6) is 23.0 Å². The lowest BCUT2D eigenvalue weighted by Crippen LogP contribution is -2.37. The molecule has 0 saturated heterocycles. The van der Waals surface area contributed by atoms with Crippen LogP contribution in [0.15, 0.2) is 36.5 Å². The lowest BCUT2D eigenvalue weighted by molar-refractivity contribution is -0.690. The van der Waals surface area contributed by atoms with Crippen molar-refractivity contribution >= 4 is 22.4 Å². The van der Waals surface area contributed by atoms with Gasteiger partial charge in [0.2, 0.25) is 18.0 Å². The van der Waals surface area contributed by atoms with Gasteiger partial charge in [0.15, 0.2) is 29.2 Å². The number of ether oxygens (including phenoxy) is 3. The fourth-order valence-corrected chi connectivity index (χ4v) is 4.02. The Labute approximate surface area is 155 Å². The smallest absolute Gasteiger partial charge is 0.233 e. The van der Waals surface area contributed by atoms with Crippen molar-refractivity contribution in [3.63, 3.8) is 0 Å². The minimum absolute atomic E-state index is 0.124. The van der Waals surface area contributed by atoms with E-state index in [1.54, 1.807) is 13.2 Å². The number of halogens is 1. The number of benzene rings is 2. The molecule has 1 aromatic heterocycles. The van der Waals surface area contributed by atoms with E-state index >= 15 is 0 Å². The van der Waals surface area contributed by atoms with E-state index in [0.717, 1.165) is 41.0 Å². The van der Waals surface area contributed by atoms with Gasteiger partial charge in [-0.25, -0.2) is 0 Å². The summed E-state index contributed by atoms with van der Waals surface area (Å²) in [4.78, 5) is 0. The Morgan fingerprint density at radius 1 is 1.19 bits per heavy atom. The second kappa shape index (κ2) is 5.68. The average molecular weight is 371 g/mol. The van der Waals surface area contributed by atoms with Crippen molar-refractivity contribution in [2.24, 2.45) is 0 Å². The number of hydrogen-bond donors (Lipinski definition) is 1. The number of phenolic OH excluding ortho intramolecular Hbond substituents is 1. The molecule has 0 saturated carbocycles. The number of aromatic hydroxyl groups is 1. The third-order valence-corrected chi connectivity index (χ3v) is 5.53. The van der Waals surface area contributed by atoms with E-state index in [1.807, 2.05) is 29.0 Å². The number of rotatable bonds is 1. The first kappa shape index (κ1) is 15.6. The van der Waals surface area contributed by atoms with Crippen LogP contribution in [0.25, 0.3) is 22.0 Å². The molecule has 1 atom stereocenters. The first-order chi connectivity index (χ1) is 12.7. The molecule has 2 aliphatic rings. The largest absolute Gasteiger partial charge is 0.504 e. The summed E-state index contributed by atoms with van der Waals surface area (Å²) < 4.78 is 18.3. The minimum atomic E-state index is -0.218. The number of fused-ring (bicyclic) bond motifs is 5. The van der Waals surface area contributed by atoms with Crippen molar-refractivity contribution in [2.45, 2.75) is 18.3 Å². The van der Waals surface area contributed by atoms with Gasteiger partial charge in [-0.1, -0.05) is 0 Å². The van der Waals surface area contributed by atoms with E-state index < -0.39 is 0 Å². The number of nitrogens with zero attached hydrogens (tertiary/aromatic N) is 1. The molecule has 6 heteroatoms. The number of alkyl halides is 1. The maximum absolute atomic E-state index is 10.5. The molecule has 5 rings (SSSR count). The third kappa shape index (κ3) is 2.20. The molecule has 3 aromatic rings. The van der Waals surface area contributed by atoms with Crippen molar-refractivity contribution in [2.75, 3.05) is 13.9 Å². The Bertz CT molecular complexity index is 1050. The molecule has 132 valence electrons. The van der Waals surface area contributed by atoms with Gasteiger partial charge in [0.25, 0.3) is 0 Å². The van der Waals surface area contributed by atoms with Crippen molar-refractivity contribution in [1.29, 1.82) is 0 Å². The highest BCUT2D eigenvalue weighted by Crippen LogP contribution is 2.42. The summed E-state index contributed by atoms with van der Waals surface area (Å²) in [7, 11) is 1.54. The predicted octanol–water partition coefficient (Wildman–Crippen LogP) is 3.92. The predicted molar refractivity (Wildman–Crippen MR) is 97.1 cm³/mol. The SMILES string of the molecule is COc1ccc2cc3[n+](cc2c1O)C(Cl)CCc1cc2c(cc1-3)OCO2. The highest BCUT2D eigenvalue weighted by molar-refractivity contribution is 6.18. The lowest BCUT2D eigenvalue weighted by atomic mass is 9.99. The summed E-state index contributed by atoms with van der Waals surface area (Å²) >= 11 is 6.68. The summed E-state index contributed by atoms with van der Waals surface area (Å²) in [6.45, 7) is 0.252. The van der Waals surface area contributed by atoms with Crippen LogP contribution in [0.2, 0.25) is 0 Å². The molecule has 1 unspecified atom stereocenters. The van der Waals surface area contributed by atoms with Crippen molar-refractivity contribution in [3.05, 3.63) is 42.1 Å². The standard InChI is InChI=1S/C20H16ClNO4/c1-24-16-4-2-11-6-15-13-8-18-17(25-10-26-18)7-12(13)3-5-19(21)22(15)9-14(11)20(16)23/h2,4,6-9,19H,3,5,10H2,1H3/p+1. The number of pyridine rings is 1. The van der Waals surface area contributed by atoms with Crippen LogP contribution >= 0.6 is 11.6 Å². The fraction of sp³-hybridized carbons (Fsp3) is 0.250. The Morgan fingerprint density at radius 2 is 2.00 bits per heavy atom. The number of phenols is 1. The van der Waals surface area contributed by atoms with Gasteiger partial charge in [-0.3, -0.25) is 0 Å². The Kier molecular flexibility index (Phi) is 3.40. The van der Waals surface area contributed by atoms with E-state index in [0.29, 0.717) is 11.1 Å². The van der Waals surface area contributed by atoms with Gasteiger partial charge in [0.1, 0.15) is 0 Å². The summed E-state index contributed by atoms with van der Waals surface area (Å²) in [5.74, 6) is 2.10. The van der Waals surface area contributed by atoms with Crippen molar-refractivity contribution in [1.82, 2.24) is 0 Å². The highest BCUT2D eigenvalue weighted by Gasteiger charge is 2.31. The molecular formula is C20H17ClNO4+. The number of methoxy groups -OCH3 is 1. The molecule has 5 nitrogen and oxygen atoms in total. The molecule has 0 radical (unpaired) electrons. The number of hydrogen-bond acceptors (Lipinski definition) is 4. The van der Waals surface area contributed by atoms with Gasteiger partial charge in [0.05, 0.1) is 18.1 Å². The van der Waals surface area contributed by atoms with E-state index in [2.05, 4.69) is 6.07 Å². The third-order valence-electron chi connectivity index (χ3n) is 5.10. The van der Waals surface area contributed by atoms with Gasteiger partial charge in [-0.15, -0.1) is 0 Å². The Hall–Kier alpha value is -2.66. The fourth-order valence-electron chi connectivity index (χ4n) is 3.75. The molecular weight excluding hydrogens is 354 g/mol. The van der Waals surface area contributed by atoms with E-state index in [4.69, 9.17) is 25.8 Å². The van der Waals surface area contributed by atoms with Gasteiger partial charge in [-0.2, -0.15) is 4.57 Å². The molecule has 2 aromatic carbocycles. The molecule has 0 amide bonds. The van der Waals surface area contributed by atoms with Crippen LogP contribution in [-0.2, 0) is 6.42 Å². The maximum atomic E-state index is 10.5. The zero-order valence-corrected chi connectivity index (χ0v) is 14.9. The summed E-state index contributed by atoms with van der Waals surface area (Å²) in [6, 6.07) is 9.83. The van der Waals surface area contributed by atoms with Gasteiger partial charge in [0, 0.05) is 12.5 Å². The van der Waals surface area contributed by atoms with Crippen LogP contribution in [-0.4, -0.2) is 19.0 Å². The summed E-state index contributed by atoms with van der Waals surface area (Å²) in [5, 5.41) is 12.1. The minimum Gasteiger partial charge on any atom is -0.504 e. The van der Waals surface area contributed by atoms with Crippen molar-refractivity contribution < 1.29 is 23.9 Å². The number of aromatic nitrogens is 1. The second-order valence-corrected chi connectivity index (χ2v) is 7.02. The Balaban J connectivity index is 1.80. The topological polar surface area (TPSA) is 51.8 Å². The normalized spacial score (nSPS) is 17.5. The van der Waals surface area contributed by atoms with Crippen LogP contribution < -0.4 is 18.8 Å². The first-order valence-corrected chi connectivity index (χ1v) is 8.91. The number of aryl methyl sites for hydroxylation is 1. The summed E-state index contributed by atoms with van der Waals surface area (Å²) in [6.07, 6.45) is 3.52. The van der Waals surface area contributed by atoms with Crippen LogP contribution in [0.4, 0.5) is 0 Å². The van der Waals surface area contributed by atoms with Gasteiger partial charge < -0.3 is 19.3 Å². The lowest BCUT2D eigenvalue weighted by Gasteiger charge is -2.11. The van der Waals surface area contributed by atoms with Gasteiger partial charge in [-0.05, 0) is 53.2 Å². The molecule has 1 N–H and O–H groups in total. The van der Waals surface area contributed by atoms with Crippen LogP contribution in [0, 0.1) is 0 Å². The molecule has 2 aliphatic heterocycles. The quantitative estimate of drug-likeness (QED) is 0.521. The highest BCUT2D eigenvalue weighted by atomic mass is 35.5. The molecule has 0 aliphatic carbocycles. The second-order valence-electron chi connectivity index (χ2n) is 6.52. The molecule has 0 fully saturated rings.